The molecule has 1 fully saturated rings. The lowest BCUT2D eigenvalue weighted by Crippen LogP contribution is -2.26. The van der Waals surface area contributed by atoms with Crippen LogP contribution < -0.4 is 10.6 Å². The van der Waals surface area contributed by atoms with Gasteiger partial charge in [-0.15, -0.1) is 0 Å². The summed E-state index contributed by atoms with van der Waals surface area (Å²) < 4.78 is 0. The fourth-order valence-corrected chi connectivity index (χ4v) is 3.49. The highest BCUT2D eigenvalue weighted by molar-refractivity contribution is 5.88. The molecular formula is C20H23N5. The molecule has 5 heteroatoms. The Morgan fingerprint density at radius 1 is 1.08 bits per heavy atom. The van der Waals surface area contributed by atoms with Gasteiger partial charge in [0.15, 0.2) is 5.82 Å². The van der Waals surface area contributed by atoms with Crippen molar-refractivity contribution < 1.29 is 0 Å². The molecule has 0 atom stereocenters. The summed E-state index contributed by atoms with van der Waals surface area (Å²) in [6, 6.07) is 10.9. The van der Waals surface area contributed by atoms with Crippen LogP contribution in [0.4, 0.5) is 5.82 Å². The molecule has 1 aliphatic rings. The first-order chi connectivity index (χ1) is 12.3. The van der Waals surface area contributed by atoms with Crippen molar-refractivity contribution >= 4 is 16.9 Å². The first-order valence-corrected chi connectivity index (χ1v) is 9.02. The lowest BCUT2D eigenvalue weighted by Gasteiger charge is -2.23. The normalized spacial score (nSPS) is 15.4. The average Bonchev–Trinajstić information content (AvgIpc) is 2.69. The zero-order valence-corrected chi connectivity index (χ0v) is 14.5. The highest BCUT2D eigenvalue weighted by Crippen LogP contribution is 2.29. The topological polar surface area (TPSA) is 62.7 Å². The average molecular weight is 333 g/mol. The van der Waals surface area contributed by atoms with Crippen molar-refractivity contribution in [3.05, 3.63) is 48.3 Å². The molecule has 0 spiro atoms. The second-order valence-electron chi connectivity index (χ2n) is 6.46. The first kappa shape index (κ1) is 16.0. The highest BCUT2D eigenvalue weighted by Gasteiger charge is 2.15. The number of rotatable bonds is 4. The minimum absolute atomic E-state index is 0.669. The molecule has 0 saturated carbocycles. The van der Waals surface area contributed by atoms with Gasteiger partial charge in [0, 0.05) is 24.5 Å². The molecular weight excluding hydrogens is 310 g/mol. The maximum absolute atomic E-state index is 4.78. The molecule has 1 saturated heterocycles. The molecule has 0 aliphatic carbocycles. The van der Waals surface area contributed by atoms with Crippen LogP contribution in [0.5, 0.6) is 0 Å². The third kappa shape index (κ3) is 3.33. The molecule has 1 aromatic carbocycles. The van der Waals surface area contributed by atoms with E-state index in [1.165, 1.54) is 18.4 Å². The van der Waals surface area contributed by atoms with E-state index in [9.17, 15) is 0 Å². The van der Waals surface area contributed by atoms with Crippen molar-refractivity contribution in [3.8, 4) is 11.3 Å². The number of piperidine rings is 1. The first-order valence-electron chi connectivity index (χ1n) is 9.02. The Morgan fingerprint density at radius 2 is 1.84 bits per heavy atom. The SMILES string of the molecule is CCNc1nc(-c2ccc(C3CCNCC3)cc2)cc2nccnc12. The number of fused-ring (bicyclic) bond motifs is 1. The lowest BCUT2D eigenvalue weighted by molar-refractivity contribution is 0.460. The van der Waals surface area contributed by atoms with Gasteiger partial charge in [0.25, 0.3) is 0 Å². The minimum atomic E-state index is 0.669. The summed E-state index contributed by atoms with van der Waals surface area (Å²) in [6.45, 7) is 5.09. The second-order valence-corrected chi connectivity index (χ2v) is 6.46. The fraction of sp³-hybridized carbons (Fsp3) is 0.350. The molecule has 0 unspecified atom stereocenters. The Labute approximate surface area is 147 Å². The van der Waals surface area contributed by atoms with E-state index in [1.54, 1.807) is 12.4 Å². The molecule has 2 N–H and O–H groups in total. The van der Waals surface area contributed by atoms with Crippen LogP contribution in [0.3, 0.4) is 0 Å². The zero-order valence-electron chi connectivity index (χ0n) is 14.5. The van der Waals surface area contributed by atoms with Crippen LogP contribution in [0, 0.1) is 0 Å². The molecule has 0 amide bonds. The summed E-state index contributed by atoms with van der Waals surface area (Å²) in [6.07, 6.45) is 5.86. The van der Waals surface area contributed by atoms with Gasteiger partial charge in [0.2, 0.25) is 0 Å². The van der Waals surface area contributed by atoms with E-state index < -0.39 is 0 Å². The van der Waals surface area contributed by atoms with E-state index in [1.807, 2.05) is 6.07 Å². The summed E-state index contributed by atoms with van der Waals surface area (Å²) in [5.74, 6) is 1.47. The molecule has 128 valence electrons. The van der Waals surface area contributed by atoms with Gasteiger partial charge >= 0.3 is 0 Å². The van der Waals surface area contributed by atoms with Gasteiger partial charge in [-0.05, 0) is 50.4 Å². The summed E-state index contributed by atoms with van der Waals surface area (Å²) in [5, 5.41) is 6.73. The van der Waals surface area contributed by atoms with Gasteiger partial charge < -0.3 is 10.6 Å². The zero-order chi connectivity index (χ0) is 17.1. The monoisotopic (exact) mass is 333 g/mol. The Balaban J connectivity index is 1.69. The molecule has 2 aromatic heterocycles. The third-order valence-corrected chi connectivity index (χ3v) is 4.82. The minimum Gasteiger partial charge on any atom is -0.368 e. The molecule has 25 heavy (non-hydrogen) atoms. The number of benzene rings is 1. The molecule has 1 aliphatic heterocycles. The summed E-state index contributed by atoms with van der Waals surface area (Å²) in [5.41, 5.74) is 5.16. The predicted molar refractivity (Wildman–Crippen MR) is 102 cm³/mol. The second kappa shape index (κ2) is 7.15. The molecule has 3 heterocycles. The maximum Gasteiger partial charge on any atom is 0.154 e. The van der Waals surface area contributed by atoms with Crippen LogP contribution in [-0.4, -0.2) is 34.6 Å². The van der Waals surface area contributed by atoms with E-state index >= 15 is 0 Å². The van der Waals surface area contributed by atoms with Gasteiger partial charge in [-0.2, -0.15) is 0 Å². The van der Waals surface area contributed by atoms with E-state index in [2.05, 4.69) is 51.8 Å². The van der Waals surface area contributed by atoms with Gasteiger partial charge in [-0.1, -0.05) is 24.3 Å². The number of nitrogens with zero attached hydrogens (tertiary/aromatic N) is 3. The lowest BCUT2D eigenvalue weighted by atomic mass is 9.89. The van der Waals surface area contributed by atoms with Crippen LogP contribution in [0.25, 0.3) is 22.3 Å². The Hall–Kier alpha value is -2.53. The summed E-state index contributed by atoms with van der Waals surface area (Å²) in [7, 11) is 0. The molecule has 3 aromatic rings. The van der Waals surface area contributed by atoms with Crippen molar-refractivity contribution in [2.45, 2.75) is 25.7 Å². The fourth-order valence-electron chi connectivity index (χ4n) is 3.49. The standard InChI is InChI=1S/C20H23N5/c1-2-22-20-19-18(23-11-12-24-19)13-17(25-20)16-5-3-14(4-6-16)15-7-9-21-10-8-15/h3-6,11-13,15,21H,2,7-10H2,1H3,(H,22,25). The Morgan fingerprint density at radius 3 is 2.60 bits per heavy atom. The van der Waals surface area contributed by atoms with E-state index in [-0.39, 0.29) is 0 Å². The van der Waals surface area contributed by atoms with Crippen LogP contribution in [0.1, 0.15) is 31.2 Å². The summed E-state index contributed by atoms with van der Waals surface area (Å²) >= 11 is 0. The smallest absolute Gasteiger partial charge is 0.154 e. The van der Waals surface area contributed by atoms with Gasteiger partial charge in [0.05, 0.1) is 11.2 Å². The van der Waals surface area contributed by atoms with E-state index in [4.69, 9.17) is 4.98 Å². The number of nitrogens with one attached hydrogen (secondary N) is 2. The van der Waals surface area contributed by atoms with Crippen molar-refractivity contribution in [3.63, 3.8) is 0 Å². The predicted octanol–water partition coefficient (Wildman–Crippen LogP) is 3.59. The number of hydrogen-bond donors (Lipinski definition) is 2. The summed E-state index contributed by atoms with van der Waals surface area (Å²) in [4.78, 5) is 13.6. The number of pyridine rings is 1. The largest absolute Gasteiger partial charge is 0.368 e. The van der Waals surface area contributed by atoms with Crippen molar-refractivity contribution in [1.29, 1.82) is 0 Å². The molecule has 4 rings (SSSR count). The van der Waals surface area contributed by atoms with Crippen molar-refractivity contribution in [2.75, 3.05) is 25.0 Å². The number of anilines is 1. The third-order valence-electron chi connectivity index (χ3n) is 4.82. The quantitative estimate of drug-likeness (QED) is 0.764. The molecule has 0 bridgehead atoms. The maximum atomic E-state index is 4.78. The Kier molecular flexibility index (Phi) is 4.57. The van der Waals surface area contributed by atoms with Crippen LogP contribution in [-0.2, 0) is 0 Å². The molecule has 5 nitrogen and oxygen atoms in total. The van der Waals surface area contributed by atoms with Crippen molar-refractivity contribution in [2.24, 2.45) is 0 Å². The Bertz CT molecular complexity index is 854. The van der Waals surface area contributed by atoms with Crippen LogP contribution in [0.2, 0.25) is 0 Å². The van der Waals surface area contributed by atoms with E-state index in [0.717, 1.165) is 47.7 Å². The number of aromatic nitrogens is 3. The van der Waals surface area contributed by atoms with Crippen LogP contribution in [0.15, 0.2) is 42.7 Å². The molecule has 0 radical (unpaired) electrons. The number of hydrogen-bond acceptors (Lipinski definition) is 5. The van der Waals surface area contributed by atoms with Crippen molar-refractivity contribution in [1.82, 2.24) is 20.3 Å². The van der Waals surface area contributed by atoms with Gasteiger partial charge in [-0.3, -0.25) is 4.98 Å². The highest BCUT2D eigenvalue weighted by atomic mass is 15.0. The van der Waals surface area contributed by atoms with E-state index in [0.29, 0.717) is 5.92 Å². The van der Waals surface area contributed by atoms with Gasteiger partial charge in [0.1, 0.15) is 5.52 Å². The van der Waals surface area contributed by atoms with Gasteiger partial charge in [-0.25, -0.2) is 9.97 Å². The van der Waals surface area contributed by atoms with Crippen LogP contribution >= 0.6 is 0 Å².